The Kier molecular flexibility index (Phi) is 5.02. The van der Waals surface area contributed by atoms with E-state index < -0.39 is 0 Å². The van der Waals surface area contributed by atoms with Gasteiger partial charge in [0.25, 0.3) is 0 Å². The molecule has 2 saturated heterocycles. The Morgan fingerprint density at radius 3 is 2.67 bits per heavy atom. The van der Waals surface area contributed by atoms with E-state index in [1.165, 1.54) is 69.7 Å². The minimum absolute atomic E-state index is 0.790. The van der Waals surface area contributed by atoms with Crippen LogP contribution in [0.3, 0.4) is 0 Å². The molecule has 3 rings (SSSR count). The number of hydrogen-bond acceptors (Lipinski definition) is 3. The summed E-state index contributed by atoms with van der Waals surface area (Å²) in [6.45, 7) is 6.03. The molecule has 116 valence electrons. The number of nitrogens with zero attached hydrogens (tertiary/aromatic N) is 2. The van der Waals surface area contributed by atoms with Crippen LogP contribution in [-0.2, 0) is 0 Å². The van der Waals surface area contributed by atoms with Gasteiger partial charge in [0.05, 0.1) is 11.4 Å². The highest BCUT2D eigenvalue weighted by molar-refractivity contribution is 5.70. The van der Waals surface area contributed by atoms with Crippen LogP contribution in [0.4, 0.5) is 11.4 Å². The summed E-state index contributed by atoms with van der Waals surface area (Å²) in [5.74, 6) is 0.790. The zero-order valence-corrected chi connectivity index (χ0v) is 13.4. The maximum Gasteiger partial charge on any atom is 0.0602 e. The lowest BCUT2D eigenvalue weighted by molar-refractivity contribution is 0.217. The molecule has 0 spiro atoms. The van der Waals surface area contributed by atoms with Gasteiger partial charge in [0.2, 0.25) is 0 Å². The summed E-state index contributed by atoms with van der Waals surface area (Å²) in [7, 11) is 2.24. The molecule has 2 heterocycles. The predicted molar refractivity (Wildman–Crippen MR) is 91.2 cm³/mol. The Morgan fingerprint density at radius 1 is 1.05 bits per heavy atom. The van der Waals surface area contributed by atoms with E-state index in [9.17, 15) is 0 Å². The van der Waals surface area contributed by atoms with E-state index >= 15 is 0 Å². The smallest absolute Gasteiger partial charge is 0.0602 e. The quantitative estimate of drug-likeness (QED) is 0.915. The third-order valence-corrected chi connectivity index (χ3v) is 4.90. The fraction of sp³-hybridized carbons (Fsp3) is 0.667. The van der Waals surface area contributed by atoms with Crippen LogP contribution >= 0.6 is 0 Å². The van der Waals surface area contributed by atoms with Crippen molar-refractivity contribution < 1.29 is 0 Å². The molecule has 0 bridgehead atoms. The van der Waals surface area contributed by atoms with Gasteiger partial charge in [-0.05, 0) is 63.7 Å². The summed E-state index contributed by atoms with van der Waals surface area (Å²) >= 11 is 0. The second kappa shape index (κ2) is 7.17. The number of likely N-dealkylation sites (tertiary alicyclic amines) is 1. The summed E-state index contributed by atoms with van der Waals surface area (Å²) in [5.41, 5.74) is 2.73. The van der Waals surface area contributed by atoms with E-state index in [1.807, 2.05) is 0 Å². The number of anilines is 2. The minimum atomic E-state index is 0.790. The molecule has 3 nitrogen and oxygen atoms in total. The number of piperidine rings is 2. The van der Waals surface area contributed by atoms with E-state index in [2.05, 4.69) is 46.4 Å². The normalized spacial score (nSPS) is 24.0. The van der Waals surface area contributed by atoms with Crippen LogP contribution in [0.1, 0.15) is 32.1 Å². The lowest BCUT2D eigenvalue weighted by Gasteiger charge is -2.32. The zero-order chi connectivity index (χ0) is 14.5. The summed E-state index contributed by atoms with van der Waals surface area (Å²) in [4.78, 5) is 5.02. The van der Waals surface area contributed by atoms with Crippen molar-refractivity contribution >= 4 is 11.4 Å². The molecule has 1 N–H and O–H groups in total. The number of benzene rings is 1. The number of para-hydroxylation sites is 2. The van der Waals surface area contributed by atoms with E-state index in [0.29, 0.717) is 0 Å². The van der Waals surface area contributed by atoms with Crippen molar-refractivity contribution in [3.63, 3.8) is 0 Å². The zero-order valence-electron chi connectivity index (χ0n) is 13.4. The standard InChI is InChI=1S/C18H29N3/c1-20-11-7-8-16(15-20)14-19-17-9-3-4-10-18(17)21-12-5-2-6-13-21/h3-4,9-10,16,19H,2,5-8,11-15H2,1H3. The van der Waals surface area contributed by atoms with E-state index in [-0.39, 0.29) is 0 Å². The molecule has 1 aromatic carbocycles. The SMILES string of the molecule is CN1CCCC(CNc2ccccc2N2CCCCC2)C1. The lowest BCUT2D eigenvalue weighted by Crippen LogP contribution is -2.35. The van der Waals surface area contributed by atoms with Crippen LogP contribution < -0.4 is 10.2 Å². The van der Waals surface area contributed by atoms with Gasteiger partial charge < -0.3 is 15.1 Å². The number of hydrogen-bond donors (Lipinski definition) is 1. The molecular formula is C18H29N3. The Labute approximate surface area is 129 Å². The molecule has 2 aliphatic heterocycles. The topological polar surface area (TPSA) is 18.5 Å². The highest BCUT2D eigenvalue weighted by Crippen LogP contribution is 2.28. The monoisotopic (exact) mass is 287 g/mol. The van der Waals surface area contributed by atoms with Crippen molar-refractivity contribution in [1.29, 1.82) is 0 Å². The number of nitrogens with one attached hydrogen (secondary N) is 1. The van der Waals surface area contributed by atoms with Crippen LogP contribution in [-0.4, -0.2) is 44.7 Å². The van der Waals surface area contributed by atoms with Crippen LogP contribution in [0.5, 0.6) is 0 Å². The molecule has 1 atom stereocenters. The Bertz CT molecular complexity index is 440. The van der Waals surface area contributed by atoms with Crippen LogP contribution in [0.25, 0.3) is 0 Å². The van der Waals surface area contributed by atoms with Crippen molar-refractivity contribution in [2.75, 3.05) is 50.0 Å². The van der Waals surface area contributed by atoms with Crippen molar-refractivity contribution in [3.05, 3.63) is 24.3 Å². The second-order valence-corrected chi connectivity index (χ2v) is 6.72. The summed E-state index contributed by atoms with van der Waals surface area (Å²) in [6, 6.07) is 8.85. The van der Waals surface area contributed by atoms with E-state index in [4.69, 9.17) is 0 Å². The minimum Gasteiger partial charge on any atom is -0.383 e. The Hall–Kier alpha value is -1.22. The molecule has 0 aromatic heterocycles. The molecule has 1 aromatic rings. The fourth-order valence-corrected chi connectivity index (χ4v) is 3.73. The molecule has 0 aliphatic carbocycles. The van der Waals surface area contributed by atoms with Gasteiger partial charge in [-0.1, -0.05) is 12.1 Å². The van der Waals surface area contributed by atoms with Crippen molar-refractivity contribution in [2.24, 2.45) is 5.92 Å². The van der Waals surface area contributed by atoms with Gasteiger partial charge in [0.1, 0.15) is 0 Å². The summed E-state index contributed by atoms with van der Waals surface area (Å²) in [5, 5.41) is 3.73. The van der Waals surface area contributed by atoms with Gasteiger partial charge >= 0.3 is 0 Å². The molecular weight excluding hydrogens is 258 g/mol. The third kappa shape index (κ3) is 3.91. The van der Waals surface area contributed by atoms with Crippen molar-refractivity contribution in [1.82, 2.24) is 4.90 Å². The van der Waals surface area contributed by atoms with E-state index in [0.717, 1.165) is 12.5 Å². The van der Waals surface area contributed by atoms with Crippen LogP contribution in [0.15, 0.2) is 24.3 Å². The first-order chi connectivity index (χ1) is 10.3. The molecule has 0 saturated carbocycles. The summed E-state index contributed by atoms with van der Waals surface area (Å²) < 4.78 is 0. The molecule has 0 radical (unpaired) electrons. The third-order valence-electron chi connectivity index (χ3n) is 4.90. The molecule has 3 heteroatoms. The molecule has 2 fully saturated rings. The first-order valence-electron chi connectivity index (χ1n) is 8.59. The van der Waals surface area contributed by atoms with Gasteiger partial charge in [-0.15, -0.1) is 0 Å². The van der Waals surface area contributed by atoms with Crippen molar-refractivity contribution in [2.45, 2.75) is 32.1 Å². The van der Waals surface area contributed by atoms with Gasteiger partial charge in [-0.2, -0.15) is 0 Å². The first kappa shape index (κ1) is 14.7. The maximum atomic E-state index is 3.73. The lowest BCUT2D eigenvalue weighted by atomic mass is 9.98. The van der Waals surface area contributed by atoms with Gasteiger partial charge in [-0.25, -0.2) is 0 Å². The highest BCUT2D eigenvalue weighted by Gasteiger charge is 2.18. The van der Waals surface area contributed by atoms with Gasteiger partial charge in [0.15, 0.2) is 0 Å². The number of rotatable bonds is 4. The second-order valence-electron chi connectivity index (χ2n) is 6.72. The van der Waals surface area contributed by atoms with Gasteiger partial charge in [0, 0.05) is 26.2 Å². The average molecular weight is 287 g/mol. The van der Waals surface area contributed by atoms with E-state index in [1.54, 1.807) is 0 Å². The predicted octanol–water partition coefficient (Wildman–Crippen LogP) is 3.43. The fourth-order valence-electron chi connectivity index (χ4n) is 3.73. The van der Waals surface area contributed by atoms with Gasteiger partial charge in [-0.3, -0.25) is 0 Å². The van der Waals surface area contributed by atoms with Crippen LogP contribution in [0, 0.1) is 5.92 Å². The molecule has 1 unspecified atom stereocenters. The maximum absolute atomic E-state index is 3.73. The first-order valence-corrected chi connectivity index (χ1v) is 8.59. The largest absolute Gasteiger partial charge is 0.383 e. The van der Waals surface area contributed by atoms with Crippen molar-refractivity contribution in [3.8, 4) is 0 Å². The summed E-state index contributed by atoms with van der Waals surface area (Å²) in [6.07, 6.45) is 6.77. The Morgan fingerprint density at radius 2 is 1.86 bits per heavy atom. The molecule has 21 heavy (non-hydrogen) atoms. The highest BCUT2D eigenvalue weighted by atomic mass is 15.2. The molecule has 2 aliphatic rings. The molecule has 0 amide bonds. The van der Waals surface area contributed by atoms with Crippen LogP contribution in [0.2, 0.25) is 0 Å². The average Bonchev–Trinajstić information content (AvgIpc) is 2.54. The Balaban J connectivity index is 1.62.